The number of pyridine rings is 1. The molecule has 2 rings (SSSR count). The third-order valence-electron chi connectivity index (χ3n) is 3.08. The highest BCUT2D eigenvalue weighted by atomic mass is 79.9. The maximum absolute atomic E-state index is 4.57. The molecule has 94 valence electrons. The molecule has 0 aliphatic carbocycles. The van der Waals surface area contributed by atoms with Crippen molar-refractivity contribution < 1.29 is 0 Å². The Kier molecular flexibility index (Phi) is 4.02. The van der Waals surface area contributed by atoms with E-state index in [4.69, 9.17) is 0 Å². The van der Waals surface area contributed by atoms with Gasteiger partial charge in [0.25, 0.3) is 0 Å². The van der Waals surface area contributed by atoms with Gasteiger partial charge in [-0.05, 0) is 59.1 Å². The normalized spacial score (nSPS) is 10.4. The van der Waals surface area contributed by atoms with Gasteiger partial charge in [0.15, 0.2) is 0 Å². The number of aryl methyl sites for hydroxylation is 2. The fraction of sp³-hybridized carbons (Fsp3) is 0.267. The summed E-state index contributed by atoms with van der Waals surface area (Å²) in [6, 6.07) is 12.7. The number of anilines is 2. The number of hydrogen-bond acceptors (Lipinski definition) is 2. The summed E-state index contributed by atoms with van der Waals surface area (Å²) in [5, 5.41) is 0. The van der Waals surface area contributed by atoms with E-state index < -0.39 is 0 Å². The molecule has 0 atom stereocenters. The molecule has 0 spiro atoms. The van der Waals surface area contributed by atoms with Crippen molar-refractivity contribution in [2.45, 2.75) is 20.3 Å². The Morgan fingerprint density at radius 1 is 1.11 bits per heavy atom. The maximum atomic E-state index is 4.57. The van der Waals surface area contributed by atoms with Crippen LogP contribution in [0.25, 0.3) is 0 Å². The summed E-state index contributed by atoms with van der Waals surface area (Å²) in [6.45, 7) is 4.17. The Bertz CT molecular complexity index is 535. The molecule has 0 saturated carbocycles. The predicted octanol–water partition coefficient (Wildman–Crippen LogP) is 4.48. The molecule has 1 heterocycles. The zero-order chi connectivity index (χ0) is 13.1. The van der Waals surface area contributed by atoms with Crippen LogP contribution >= 0.6 is 15.9 Å². The minimum atomic E-state index is 0.958. The summed E-state index contributed by atoms with van der Waals surface area (Å²) in [5.41, 5.74) is 3.51. The van der Waals surface area contributed by atoms with Gasteiger partial charge in [0.05, 0.1) is 5.69 Å². The van der Waals surface area contributed by atoms with E-state index in [-0.39, 0.29) is 0 Å². The third kappa shape index (κ3) is 2.72. The largest absolute Gasteiger partial charge is 0.329 e. The summed E-state index contributed by atoms with van der Waals surface area (Å²) in [7, 11) is 2.04. The molecule has 3 heteroatoms. The molecule has 0 unspecified atom stereocenters. The Hall–Kier alpha value is -1.35. The van der Waals surface area contributed by atoms with Gasteiger partial charge in [-0.3, -0.25) is 0 Å². The third-order valence-corrected chi connectivity index (χ3v) is 3.92. The molecule has 2 aromatic rings. The Balaban J connectivity index is 2.28. The van der Waals surface area contributed by atoms with E-state index in [1.165, 1.54) is 5.56 Å². The molecule has 0 saturated heterocycles. The second-order valence-electron chi connectivity index (χ2n) is 4.32. The minimum Gasteiger partial charge on any atom is -0.329 e. The number of benzene rings is 1. The van der Waals surface area contributed by atoms with E-state index >= 15 is 0 Å². The van der Waals surface area contributed by atoms with Crippen LogP contribution in [0.2, 0.25) is 0 Å². The van der Waals surface area contributed by atoms with Gasteiger partial charge in [-0.15, -0.1) is 0 Å². The summed E-state index contributed by atoms with van der Waals surface area (Å²) >= 11 is 3.47. The van der Waals surface area contributed by atoms with Crippen LogP contribution in [-0.4, -0.2) is 12.0 Å². The predicted molar refractivity (Wildman–Crippen MR) is 80.6 cm³/mol. The fourth-order valence-corrected chi connectivity index (χ4v) is 2.03. The molecule has 2 nitrogen and oxygen atoms in total. The first-order chi connectivity index (χ1) is 8.61. The van der Waals surface area contributed by atoms with E-state index in [1.54, 1.807) is 0 Å². The summed E-state index contributed by atoms with van der Waals surface area (Å²) < 4.78 is 1.04. The van der Waals surface area contributed by atoms with Crippen molar-refractivity contribution in [2.24, 2.45) is 0 Å². The van der Waals surface area contributed by atoms with Crippen LogP contribution in [0.4, 0.5) is 11.5 Å². The maximum Gasteiger partial charge on any atom is 0.133 e. The molecule has 0 N–H and O–H groups in total. The van der Waals surface area contributed by atoms with Crippen LogP contribution in [0.5, 0.6) is 0 Å². The Labute approximate surface area is 117 Å². The average Bonchev–Trinajstić information content (AvgIpc) is 2.41. The van der Waals surface area contributed by atoms with Crippen LogP contribution < -0.4 is 4.90 Å². The van der Waals surface area contributed by atoms with Crippen molar-refractivity contribution in [1.29, 1.82) is 0 Å². The number of rotatable bonds is 3. The molecule has 1 aromatic heterocycles. The first-order valence-electron chi connectivity index (χ1n) is 6.07. The number of hydrogen-bond donors (Lipinski definition) is 0. The minimum absolute atomic E-state index is 0.958. The highest BCUT2D eigenvalue weighted by molar-refractivity contribution is 9.10. The molecule has 18 heavy (non-hydrogen) atoms. The standard InChI is InChI=1S/C15H17BrN2/c1-4-12-5-7-13(8-6-12)18(3)15-10-9-14(16)11(2)17-15/h5-10H,4H2,1-3H3. The Morgan fingerprint density at radius 2 is 1.78 bits per heavy atom. The van der Waals surface area contributed by atoms with Gasteiger partial charge in [-0.2, -0.15) is 0 Å². The molecular weight excluding hydrogens is 288 g/mol. The summed E-state index contributed by atoms with van der Waals surface area (Å²) in [5.74, 6) is 0.958. The topological polar surface area (TPSA) is 16.1 Å². The summed E-state index contributed by atoms with van der Waals surface area (Å²) in [6.07, 6.45) is 1.07. The number of aromatic nitrogens is 1. The van der Waals surface area contributed by atoms with Gasteiger partial charge >= 0.3 is 0 Å². The van der Waals surface area contributed by atoms with Crippen molar-refractivity contribution in [3.63, 3.8) is 0 Å². The van der Waals surface area contributed by atoms with E-state index in [1.807, 2.05) is 26.1 Å². The molecule has 1 aromatic carbocycles. The SMILES string of the molecule is CCc1ccc(N(C)c2ccc(Br)c(C)n2)cc1. The smallest absolute Gasteiger partial charge is 0.133 e. The fourth-order valence-electron chi connectivity index (χ4n) is 1.81. The van der Waals surface area contributed by atoms with Gasteiger partial charge in [0, 0.05) is 17.2 Å². The van der Waals surface area contributed by atoms with Crippen molar-refractivity contribution in [3.8, 4) is 0 Å². The van der Waals surface area contributed by atoms with Gasteiger partial charge < -0.3 is 4.90 Å². The van der Waals surface area contributed by atoms with Crippen LogP contribution in [0.1, 0.15) is 18.2 Å². The van der Waals surface area contributed by atoms with E-state index in [2.05, 4.69) is 57.0 Å². The average molecular weight is 305 g/mol. The van der Waals surface area contributed by atoms with Crippen LogP contribution in [-0.2, 0) is 6.42 Å². The number of nitrogens with zero attached hydrogens (tertiary/aromatic N) is 2. The zero-order valence-corrected chi connectivity index (χ0v) is 12.5. The van der Waals surface area contributed by atoms with Crippen molar-refractivity contribution >= 4 is 27.4 Å². The van der Waals surface area contributed by atoms with E-state index in [0.29, 0.717) is 0 Å². The van der Waals surface area contributed by atoms with Gasteiger partial charge in [-0.1, -0.05) is 19.1 Å². The Morgan fingerprint density at radius 3 is 2.33 bits per heavy atom. The lowest BCUT2D eigenvalue weighted by molar-refractivity contribution is 1.08. The van der Waals surface area contributed by atoms with Crippen molar-refractivity contribution in [3.05, 3.63) is 52.1 Å². The molecule has 0 aliphatic heterocycles. The zero-order valence-electron chi connectivity index (χ0n) is 10.9. The monoisotopic (exact) mass is 304 g/mol. The molecule has 0 fully saturated rings. The highest BCUT2D eigenvalue weighted by Gasteiger charge is 2.06. The first kappa shape index (κ1) is 13.1. The van der Waals surface area contributed by atoms with Crippen molar-refractivity contribution in [1.82, 2.24) is 4.98 Å². The molecule has 0 aliphatic rings. The van der Waals surface area contributed by atoms with Crippen LogP contribution in [0.3, 0.4) is 0 Å². The van der Waals surface area contributed by atoms with E-state index in [9.17, 15) is 0 Å². The van der Waals surface area contributed by atoms with Crippen molar-refractivity contribution in [2.75, 3.05) is 11.9 Å². The van der Waals surface area contributed by atoms with Crippen LogP contribution in [0.15, 0.2) is 40.9 Å². The highest BCUT2D eigenvalue weighted by Crippen LogP contribution is 2.24. The van der Waals surface area contributed by atoms with Gasteiger partial charge in [0.2, 0.25) is 0 Å². The first-order valence-corrected chi connectivity index (χ1v) is 6.87. The number of halogens is 1. The summed E-state index contributed by atoms with van der Waals surface area (Å²) in [4.78, 5) is 6.67. The second kappa shape index (κ2) is 5.53. The van der Waals surface area contributed by atoms with Gasteiger partial charge in [0.1, 0.15) is 5.82 Å². The quantitative estimate of drug-likeness (QED) is 0.831. The van der Waals surface area contributed by atoms with Gasteiger partial charge in [-0.25, -0.2) is 4.98 Å². The molecule has 0 bridgehead atoms. The molecule has 0 radical (unpaired) electrons. The lowest BCUT2D eigenvalue weighted by Crippen LogP contribution is -2.11. The second-order valence-corrected chi connectivity index (χ2v) is 5.17. The lowest BCUT2D eigenvalue weighted by Gasteiger charge is -2.19. The lowest BCUT2D eigenvalue weighted by atomic mass is 10.1. The van der Waals surface area contributed by atoms with Crippen LogP contribution in [0, 0.1) is 6.92 Å². The molecule has 0 amide bonds. The van der Waals surface area contributed by atoms with E-state index in [0.717, 1.165) is 28.1 Å². The molecular formula is C15H17BrN2.